The Morgan fingerprint density at radius 1 is 0.824 bits per heavy atom. The first kappa shape index (κ1) is 14.5. The van der Waals surface area contributed by atoms with Crippen LogP contribution in [0.2, 0.25) is 0 Å². The number of rotatable bonds is 3. The first-order valence-electron chi connectivity index (χ1n) is 5.13. The minimum atomic E-state index is -0.0577. The van der Waals surface area contributed by atoms with Gasteiger partial charge in [0.15, 0.2) is 7.14 Å². The highest BCUT2D eigenvalue weighted by atomic mass is 127. The second kappa shape index (κ2) is 7.01. The fourth-order valence-corrected chi connectivity index (χ4v) is 3.51. The smallest absolute Gasteiger partial charge is 0.357 e. The summed E-state index contributed by atoms with van der Waals surface area (Å²) in [5.74, 6) is 0.927. The number of hydrogen-bond acceptors (Lipinski definition) is 1. The highest BCUT2D eigenvalue weighted by molar-refractivity contribution is 5.20. The first-order chi connectivity index (χ1) is 7.78. The lowest BCUT2D eigenvalue weighted by Gasteiger charge is -1.95. The van der Waals surface area contributed by atoms with Crippen LogP contribution in [0.3, 0.4) is 0 Å². The van der Waals surface area contributed by atoms with Crippen molar-refractivity contribution in [2.75, 3.05) is 7.11 Å². The van der Waals surface area contributed by atoms with Crippen molar-refractivity contribution in [3.8, 4) is 5.75 Å². The number of benzene rings is 2. The molecule has 90 valence electrons. The van der Waals surface area contributed by atoms with Gasteiger partial charge in [-0.2, -0.15) is 0 Å². The van der Waals surface area contributed by atoms with Gasteiger partial charge < -0.3 is 21.7 Å². The molecule has 0 radical (unpaired) electrons. The van der Waals surface area contributed by atoms with E-state index in [1.54, 1.807) is 7.11 Å². The predicted molar refractivity (Wildman–Crippen MR) is 61.6 cm³/mol. The van der Waals surface area contributed by atoms with Crippen LogP contribution in [-0.4, -0.2) is 7.11 Å². The van der Waals surface area contributed by atoms with Crippen molar-refractivity contribution in [3.63, 3.8) is 0 Å². The van der Waals surface area contributed by atoms with Crippen LogP contribution in [0.1, 0.15) is 5.56 Å². The maximum Gasteiger partial charge on any atom is 0.357 e. The van der Waals surface area contributed by atoms with Crippen LogP contribution < -0.4 is 42.9 Å². The molecule has 17 heavy (non-hydrogen) atoms. The molecule has 0 atom stereocenters. The van der Waals surface area contributed by atoms with Gasteiger partial charge in [-0.1, -0.05) is 17.7 Å². The van der Waals surface area contributed by atoms with E-state index < -0.39 is 0 Å². The Bertz CT molecular complexity index is 451. The van der Waals surface area contributed by atoms with Gasteiger partial charge in [-0.05, 0) is 43.3 Å². The average molecular weight is 405 g/mol. The van der Waals surface area contributed by atoms with E-state index in [9.17, 15) is 0 Å². The van der Waals surface area contributed by atoms with Crippen molar-refractivity contribution in [1.82, 2.24) is 0 Å². The molecule has 0 aliphatic rings. The molecule has 0 saturated heterocycles. The van der Waals surface area contributed by atoms with E-state index in [0.717, 1.165) is 5.75 Å². The maximum absolute atomic E-state index is 5.15. The number of methoxy groups -OCH3 is 1. The van der Waals surface area contributed by atoms with Crippen LogP contribution in [0.25, 0.3) is 0 Å². The Balaban J connectivity index is 0.00000144. The van der Waals surface area contributed by atoms with Crippen LogP contribution in [0.5, 0.6) is 5.75 Å². The first-order valence-corrected chi connectivity index (χ1v) is 7.29. The van der Waals surface area contributed by atoms with Gasteiger partial charge in [-0.25, -0.2) is 0 Å². The topological polar surface area (TPSA) is 9.23 Å². The molecule has 2 aromatic rings. The van der Waals surface area contributed by atoms with Crippen molar-refractivity contribution in [2.24, 2.45) is 0 Å². The molecule has 0 aliphatic heterocycles. The number of hydrogen-bond donors (Lipinski definition) is 0. The van der Waals surface area contributed by atoms with Crippen LogP contribution in [0.4, 0.5) is 0 Å². The summed E-state index contributed by atoms with van der Waals surface area (Å²) < 4.78 is 8.02. The second-order valence-electron chi connectivity index (χ2n) is 3.55. The summed E-state index contributed by atoms with van der Waals surface area (Å²) in [4.78, 5) is 0. The normalized spacial score (nSPS) is 9.53. The third-order valence-corrected chi connectivity index (χ3v) is 4.96. The molecule has 1 nitrogen and oxygen atoms in total. The van der Waals surface area contributed by atoms with Crippen molar-refractivity contribution >= 4 is 0 Å². The van der Waals surface area contributed by atoms with Crippen LogP contribution in [0, 0.1) is 14.1 Å². The number of ether oxygens (including phenoxy) is 1. The molecule has 0 bridgehead atoms. The molecular formula is C14H14BrIO. The molecule has 0 N–H and O–H groups in total. The largest absolute Gasteiger partial charge is 1.00 e. The van der Waals surface area contributed by atoms with Gasteiger partial charge in [0.25, 0.3) is 0 Å². The molecule has 0 aromatic heterocycles. The summed E-state index contributed by atoms with van der Waals surface area (Å²) in [7, 11) is 1.70. The molecule has 0 spiro atoms. The minimum absolute atomic E-state index is 0. The van der Waals surface area contributed by atoms with E-state index in [1.165, 1.54) is 12.7 Å². The van der Waals surface area contributed by atoms with E-state index in [2.05, 4.69) is 43.3 Å². The Hall–Kier alpha value is -0.550. The maximum atomic E-state index is 5.15. The van der Waals surface area contributed by atoms with E-state index in [-0.39, 0.29) is 38.2 Å². The molecule has 0 heterocycles. The summed E-state index contributed by atoms with van der Waals surface area (Å²) in [6.07, 6.45) is 0. The third kappa shape index (κ3) is 4.32. The molecular weight excluding hydrogens is 391 g/mol. The van der Waals surface area contributed by atoms with Gasteiger partial charge in [0.05, 0.1) is 7.11 Å². The average Bonchev–Trinajstić information content (AvgIpc) is 2.33. The van der Waals surface area contributed by atoms with Gasteiger partial charge in [0.2, 0.25) is 0 Å². The van der Waals surface area contributed by atoms with E-state index in [0.29, 0.717) is 0 Å². The summed E-state index contributed by atoms with van der Waals surface area (Å²) in [6, 6.07) is 17.2. The van der Waals surface area contributed by atoms with E-state index >= 15 is 0 Å². The third-order valence-electron chi connectivity index (χ3n) is 2.28. The molecule has 0 saturated carbocycles. The van der Waals surface area contributed by atoms with Crippen LogP contribution in [0.15, 0.2) is 48.5 Å². The lowest BCUT2D eigenvalue weighted by molar-refractivity contribution is -0.597. The van der Waals surface area contributed by atoms with Crippen LogP contribution in [-0.2, 0) is 0 Å². The van der Waals surface area contributed by atoms with Gasteiger partial charge in [-0.15, -0.1) is 0 Å². The zero-order valence-corrected chi connectivity index (χ0v) is 13.5. The van der Waals surface area contributed by atoms with Crippen molar-refractivity contribution < 1.29 is 42.9 Å². The lowest BCUT2D eigenvalue weighted by Crippen LogP contribution is -3.61. The van der Waals surface area contributed by atoms with Crippen molar-refractivity contribution in [3.05, 3.63) is 61.2 Å². The Kier molecular flexibility index (Phi) is 5.98. The molecule has 0 amide bonds. The Morgan fingerprint density at radius 3 is 1.76 bits per heavy atom. The molecule has 0 unspecified atom stereocenters. The van der Waals surface area contributed by atoms with Gasteiger partial charge >= 0.3 is 21.2 Å². The van der Waals surface area contributed by atoms with Gasteiger partial charge in [0, 0.05) is 0 Å². The Morgan fingerprint density at radius 2 is 1.29 bits per heavy atom. The zero-order valence-electron chi connectivity index (χ0n) is 9.78. The summed E-state index contributed by atoms with van der Waals surface area (Å²) in [6.45, 7) is 2.12. The molecule has 2 aromatic carbocycles. The molecule has 3 heteroatoms. The van der Waals surface area contributed by atoms with E-state index in [4.69, 9.17) is 4.74 Å². The molecule has 0 fully saturated rings. The van der Waals surface area contributed by atoms with Gasteiger partial charge in [-0.3, -0.25) is 0 Å². The van der Waals surface area contributed by atoms with Crippen molar-refractivity contribution in [1.29, 1.82) is 0 Å². The van der Waals surface area contributed by atoms with E-state index in [1.807, 2.05) is 12.1 Å². The molecule has 2 rings (SSSR count). The fourth-order valence-electron chi connectivity index (χ4n) is 1.36. The SMILES string of the molecule is COc1ccc([I+]c2ccc(C)cc2)cc1.[Br-]. The second-order valence-corrected chi connectivity index (χ2v) is 6.58. The monoisotopic (exact) mass is 404 g/mol. The Labute approximate surface area is 123 Å². The van der Waals surface area contributed by atoms with Crippen LogP contribution >= 0.6 is 0 Å². The van der Waals surface area contributed by atoms with Gasteiger partial charge in [0.1, 0.15) is 5.75 Å². The summed E-state index contributed by atoms with van der Waals surface area (Å²) in [5, 5.41) is 0. The minimum Gasteiger partial charge on any atom is -1.00 e. The summed E-state index contributed by atoms with van der Waals surface area (Å²) >= 11 is -0.0577. The summed E-state index contributed by atoms with van der Waals surface area (Å²) in [5.41, 5.74) is 1.32. The fraction of sp³-hybridized carbons (Fsp3) is 0.143. The number of aryl methyl sites for hydroxylation is 1. The standard InChI is InChI=1S/C14H14IO.BrH/c1-11-3-5-12(6-4-11)15-13-7-9-14(16-2)10-8-13;/h3-10H,1-2H3;1H/q+1;/p-1. The number of halogens is 2. The predicted octanol–water partition coefficient (Wildman–Crippen LogP) is -2.86. The molecule has 0 aliphatic carbocycles. The zero-order chi connectivity index (χ0) is 11.4. The van der Waals surface area contributed by atoms with Crippen molar-refractivity contribution in [2.45, 2.75) is 6.92 Å². The quantitative estimate of drug-likeness (QED) is 0.500. The highest BCUT2D eigenvalue weighted by Crippen LogP contribution is 2.06. The lowest BCUT2D eigenvalue weighted by atomic mass is 10.2. The highest BCUT2D eigenvalue weighted by Gasteiger charge is 2.14.